The molecule has 3 aromatic carbocycles. The second-order valence-electron chi connectivity index (χ2n) is 7.70. The van der Waals surface area contributed by atoms with E-state index < -0.39 is 36.2 Å². The largest absolute Gasteiger partial charge is 0.468 e. The minimum absolute atomic E-state index is 0.208. The van der Waals surface area contributed by atoms with E-state index in [1.54, 1.807) is 43.3 Å². The number of rotatable bonds is 7. The van der Waals surface area contributed by atoms with E-state index in [2.05, 4.69) is 9.47 Å². The van der Waals surface area contributed by atoms with Crippen molar-refractivity contribution in [1.29, 1.82) is 5.26 Å². The molecule has 0 saturated heterocycles. The highest BCUT2D eigenvalue weighted by molar-refractivity contribution is 5.79. The van der Waals surface area contributed by atoms with Crippen molar-refractivity contribution in [3.63, 3.8) is 0 Å². The fraction of sp³-hybridized carbons (Fsp3) is 0.231. The molecule has 0 aromatic heterocycles. The Morgan fingerprint density at radius 2 is 1.77 bits per heavy atom. The number of carbonyl (C=O) groups excluding carboxylic acids is 1. The van der Waals surface area contributed by atoms with Crippen LogP contribution in [0.4, 0.5) is 13.2 Å². The second kappa shape index (κ2) is 9.97. The summed E-state index contributed by atoms with van der Waals surface area (Å²) < 4.78 is 60.7. The fourth-order valence-electron chi connectivity index (χ4n) is 3.56. The van der Waals surface area contributed by atoms with E-state index in [-0.39, 0.29) is 12.2 Å². The molecule has 3 aromatic rings. The van der Waals surface area contributed by atoms with Crippen LogP contribution in [0, 0.1) is 11.3 Å². The van der Waals surface area contributed by atoms with Gasteiger partial charge in [-0.3, -0.25) is 4.79 Å². The first kappa shape index (κ1) is 24.0. The zero-order valence-electron chi connectivity index (χ0n) is 18.5. The van der Waals surface area contributed by atoms with Gasteiger partial charge in [0.15, 0.2) is 11.5 Å². The third-order valence-electron chi connectivity index (χ3n) is 5.29. The van der Waals surface area contributed by atoms with Crippen LogP contribution < -0.4 is 14.2 Å². The molecule has 3 unspecified atom stereocenters. The molecular formula is C26H20F3NO5. The van der Waals surface area contributed by atoms with Crippen molar-refractivity contribution in [3.05, 3.63) is 83.9 Å². The van der Waals surface area contributed by atoms with E-state index >= 15 is 0 Å². The van der Waals surface area contributed by atoms with Crippen LogP contribution in [0.5, 0.6) is 23.0 Å². The third-order valence-corrected chi connectivity index (χ3v) is 5.29. The molecule has 0 amide bonds. The Hall–Kier alpha value is -4.19. The average Bonchev–Trinajstić information content (AvgIpc) is 2.84. The van der Waals surface area contributed by atoms with Crippen molar-refractivity contribution in [2.45, 2.75) is 37.8 Å². The lowest BCUT2D eigenvalue weighted by Gasteiger charge is -2.29. The summed E-state index contributed by atoms with van der Waals surface area (Å²) in [5.41, 5.74) is 0.700. The van der Waals surface area contributed by atoms with Crippen LogP contribution in [0.3, 0.4) is 0 Å². The molecule has 0 radical (unpaired) electrons. The van der Waals surface area contributed by atoms with Gasteiger partial charge >= 0.3 is 18.4 Å². The van der Waals surface area contributed by atoms with Crippen molar-refractivity contribution in [2.24, 2.45) is 0 Å². The van der Waals surface area contributed by atoms with E-state index in [0.717, 1.165) is 0 Å². The van der Waals surface area contributed by atoms with Crippen molar-refractivity contribution >= 4 is 5.97 Å². The molecule has 1 aliphatic rings. The molecule has 1 heterocycles. The number of carbonyl (C=O) groups is 1. The van der Waals surface area contributed by atoms with E-state index in [9.17, 15) is 23.2 Å². The maximum Gasteiger partial charge on any atom is 0.468 e. The lowest BCUT2D eigenvalue weighted by atomic mass is 9.96. The first-order chi connectivity index (χ1) is 16.8. The van der Waals surface area contributed by atoms with Crippen LogP contribution >= 0.6 is 0 Å². The summed E-state index contributed by atoms with van der Waals surface area (Å²) in [6.07, 6.45) is -8.09. The van der Waals surface area contributed by atoms with Gasteiger partial charge in [-0.2, -0.15) is 18.4 Å². The van der Waals surface area contributed by atoms with E-state index in [4.69, 9.17) is 9.47 Å². The quantitative estimate of drug-likeness (QED) is 0.360. The van der Waals surface area contributed by atoms with Crippen molar-refractivity contribution in [2.75, 3.05) is 0 Å². The molecule has 9 heteroatoms. The van der Waals surface area contributed by atoms with Gasteiger partial charge in [0.2, 0.25) is 6.10 Å². The number of nitrogens with zero attached hydrogens (tertiary/aromatic N) is 1. The van der Waals surface area contributed by atoms with Gasteiger partial charge in [-0.05, 0) is 48.4 Å². The smallest absolute Gasteiger partial charge is 0.457 e. The van der Waals surface area contributed by atoms with Crippen molar-refractivity contribution in [1.82, 2.24) is 0 Å². The Labute approximate surface area is 199 Å². The molecule has 35 heavy (non-hydrogen) atoms. The van der Waals surface area contributed by atoms with Crippen LogP contribution in [-0.2, 0) is 9.53 Å². The third kappa shape index (κ3) is 5.32. The van der Waals surface area contributed by atoms with Gasteiger partial charge in [-0.25, -0.2) is 0 Å². The molecule has 0 spiro atoms. The highest BCUT2D eigenvalue weighted by atomic mass is 19.3. The standard InChI is InChI=1S/C26H20F3NO5/c1-2-20(16-11-12-21-22(14-16)35-26(28,29)25(27)34-21)24(31)33-23(15-30)17-7-6-10-19(13-17)32-18-8-4-3-5-9-18/h3-14,20,23,25H,2H2,1H3. The number of benzene rings is 3. The van der Waals surface area contributed by atoms with Gasteiger partial charge < -0.3 is 18.9 Å². The summed E-state index contributed by atoms with van der Waals surface area (Å²) in [6, 6.07) is 21.4. The summed E-state index contributed by atoms with van der Waals surface area (Å²) in [4.78, 5) is 13.0. The Balaban J connectivity index is 1.51. The number of hydrogen-bond acceptors (Lipinski definition) is 6. The highest BCUT2D eigenvalue weighted by Gasteiger charge is 2.49. The minimum Gasteiger partial charge on any atom is -0.457 e. The van der Waals surface area contributed by atoms with E-state index in [1.165, 1.54) is 18.2 Å². The van der Waals surface area contributed by atoms with Gasteiger partial charge in [0.05, 0.1) is 5.92 Å². The molecule has 0 bridgehead atoms. The zero-order valence-corrected chi connectivity index (χ0v) is 18.5. The monoisotopic (exact) mass is 483 g/mol. The van der Waals surface area contributed by atoms with Gasteiger partial charge in [-0.15, -0.1) is 0 Å². The normalized spacial score (nSPS) is 17.5. The summed E-state index contributed by atoms with van der Waals surface area (Å²) in [6.45, 7) is 1.70. The van der Waals surface area contributed by atoms with Gasteiger partial charge in [0, 0.05) is 5.56 Å². The van der Waals surface area contributed by atoms with E-state index in [1.807, 2.05) is 24.3 Å². The van der Waals surface area contributed by atoms with Crippen LogP contribution in [0.2, 0.25) is 0 Å². The Morgan fingerprint density at radius 3 is 2.49 bits per heavy atom. The van der Waals surface area contributed by atoms with Crippen molar-refractivity contribution in [3.8, 4) is 29.1 Å². The second-order valence-corrected chi connectivity index (χ2v) is 7.70. The number of hydrogen-bond donors (Lipinski definition) is 0. The SMILES string of the molecule is CCC(C(=O)OC(C#N)c1cccc(Oc2ccccc2)c1)c1ccc2c(c1)OC(F)(F)C(F)O2. The predicted molar refractivity (Wildman–Crippen MR) is 118 cm³/mol. The molecule has 0 aliphatic carbocycles. The minimum atomic E-state index is -4.16. The van der Waals surface area contributed by atoms with Crippen LogP contribution in [0.25, 0.3) is 0 Å². The fourth-order valence-corrected chi connectivity index (χ4v) is 3.56. The zero-order chi connectivity index (χ0) is 25.0. The van der Waals surface area contributed by atoms with E-state index in [0.29, 0.717) is 22.6 Å². The molecular weight excluding hydrogens is 463 g/mol. The van der Waals surface area contributed by atoms with Crippen LogP contribution in [-0.4, -0.2) is 18.4 Å². The molecule has 180 valence electrons. The maximum atomic E-state index is 13.6. The summed E-state index contributed by atoms with van der Waals surface area (Å²) in [5, 5.41) is 9.65. The Bertz CT molecular complexity index is 1250. The average molecular weight is 483 g/mol. The number of nitriles is 1. The number of esters is 1. The van der Waals surface area contributed by atoms with Crippen LogP contribution in [0.1, 0.15) is 36.5 Å². The summed E-state index contributed by atoms with van der Waals surface area (Å²) in [5.74, 6) is -1.17. The number of alkyl halides is 3. The van der Waals surface area contributed by atoms with Gasteiger partial charge in [0.1, 0.15) is 17.6 Å². The first-order valence-electron chi connectivity index (χ1n) is 10.7. The molecule has 0 saturated carbocycles. The molecule has 6 nitrogen and oxygen atoms in total. The number of fused-ring (bicyclic) bond motifs is 1. The molecule has 1 aliphatic heterocycles. The van der Waals surface area contributed by atoms with Gasteiger partial charge in [0.25, 0.3) is 0 Å². The first-order valence-corrected chi connectivity index (χ1v) is 10.7. The lowest BCUT2D eigenvalue weighted by molar-refractivity contribution is -0.281. The Morgan fingerprint density at radius 1 is 1.03 bits per heavy atom. The topological polar surface area (TPSA) is 77.8 Å². The number of para-hydroxylation sites is 1. The van der Waals surface area contributed by atoms with Crippen LogP contribution in [0.15, 0.2) is 72.8 Å². The summed E-state index contributed by atoms with van der Waals surface area (Å²) in [7, 11) is 0. The molecule has 3 atom stereocenters. The van der Waals surface area contributed by atoms with Gasteiger partial charge in [-0.1, -0.05) is 43.3 Å². The lowest BCUT2D eigenvalue weighted by Crippen LogP contribution is -2.43. The number of ether oxygens (including phenoxy) is 4. The summed E-state index contributed by atoms with van der Waals surface area (Å²) >= 11 is 0. The Kier molecular flexibility index (Phi) is 6.82. The van der Waals surface area contributed by atoms with Crippen molar-refractivity contribution < 1.29 is 36.9 Å². The molecule has 4 rings (SSSR count). The number of halogens is 3. The highest BCUT2D eigenvalue weighted by Crippen LogP contribution is 2.42. The predicted octanol–water partition coefficient (Wildman–Crippen LogP) is 6.44. The molecule has 0 fully saturated rings. The maximum absolute atomic E-state index is 13.6. The molecule has 0 N–H and O–H groups in total.